The maximum absolute atomic E-state index is 12.3. The maximum Gasteiger partial charge on any atom is 0.279 e. The molecule has 1 saturated heterocycles. The van der Waals surface area contributed by atoms with Gasteiger partial charge >= 0.3 is 0 Å². The Kier molecular flexibility index (Phi) is 5.24. The van der Waals surface area contributed by atoms with Gasteiger partial charge in [0, 0.05) is 5.69 Å². The zero-order valence-corrected chi connectivity index (χ0v) is 14.9. The molecule has 0 radical (unpaired) electrons. The van der Waals surface area contributed by atoms with Crippen molar-refractivity contribution >= 4 is 17.3 Å². The van der Waals surface area contributed by atoms with Crippen molar-refractivity contribution in [1.82, 2.24) is 0 Å². The number of para-hydroxylation sites is 2. The third-order valence-corrected chi connectivity index (χ3v) is 4.76. The second kappa shape index (κ2) is 7.57. The average Bonchev–Trinajstić information content (AvgIpc) is 2.59. The molecule has 2 aromatic rings. The molecule has 1 fully saturated rings. The van der Waals surface area contributed by atoms with Crippen LogP contribution in [0.2, 0.25) is 0 Å². The second-order valence-corrected chi connectivity index (χ2v) is 6.77. The lowest BCUT2D eigenvalue weighted by Gasteiger charge is -2.33. The number of amides is 1. The van der Waals surface area contributed by atoms with E-state index in [-0.39, 0.29) is 5.91 Å². The summed E-state index contributed by atoms with van der Waals surface area (Å²) in [6.45, 7) is 7.98. The summed E-state index contributed by atoms with van der Waals surface area (Å²) in [4.78, 5) is 15.8. The highest BCUT2D eigenvalue weighted by molar-refractivity contribution is 5.92. The van der Waals surface area contributed by atoms with Gasteiger partial charge in [0.15, 0.2) is 6.54 Å². The number of phenolic OH excluding ortho intramolecular Hbond substituents is 1. The van der Waals surface area contributed by atoms with Crippen LogP contribution in [0.1, 0.15) is 11.1 Å². The van der Waals surface area contributed by atoms with E-state index in [0.29, 0.717) is 12.3 Å². The van der Waals surface area contributed by atoms with E-state index < -0.39 is 0 Å². The molecule has 3 N–H and O–H groups in total. The van der Waals surface area contributed by atoms with Gasteiger partial charge in [-0.1, -0.05) is 29.8 Å². The Morgan fingerprint density at radius 3 is 2.56 bits per heavy atom. The van der Waals surface area contributed by atoms with Crippen LogP contribution >= 0.6 is 0 Å². The quantitative estimate of drug-likeness (QED) is 0.788. The molecule has 25 heavy (non-hydrogen) atoms. The van der Waals surface area contributed by atoms with Crippen LogP contribution in [0.3, 0.4) is 0 Å². The maximum atomic E-state index is 12.3. The Morgan fingerprint density at radius 1 is 1.16 bits per heavy atom. The first-order valence-electron chi connectivity index (χ1n) is 8.76. The molecule has 0 saturated carbocycles. The predicted molar refractivity (Wildman–Crippen MR) is 100 cm³/mol. The minimum atomic E-state index is 0.0537. The van der Waals surface area contributed by atoms with E-state index in [4.69, 9.17) is 0 Å². The standard InChI is InChI=1S/C20H25N3O2/c1-15-7-8-17(16(2)13-15)21-20(25)14-22-9-11-23(12-10-22)18-5-3-4-6-19(18)24/h3-8,13,24H,9-12,14H2,1-2H3,(H,21,25)/p+1. The Morgan fingerprint density at radius 2 is 1.88 bits per heavy atom. The van der Waals surface area contributed by atoms with E-state index in [9.17, 15) is 9.90 Å². The van der Waals surface area contributed by atoms with Gasteiger partial charge in [0.1, 0.15) is 5.75 Å². The lowest BCUT2D eigenvalue weighted by molar-refractivity contribution is -0.892. The van der Waals surface area contributed by atoms with Crippen molar-refractivity contribution in [3.05, 3.63) is 53.6 Å². The number of aryl methyl sites for hydroxylation is 2. The van der Waals surface area contributed by atoms with Gasteiger partial charge in [0.05, 0.1) is 31.9 Å². The van der Waals surface area contributed by atoms with Crippen LogP contribution in [-0.2, 0) is 4.79 Å². The number of benzene rings is 2. The number of phenols is 1. The van der Waals surface area contributed by atoms with E-state index in [1.807, 2.05) is 44.2 Å². The number of piperazine rings is 1. The number of carbonyl (C=O) groups excluding carboxylic acids is 1. The zero-order chi connectivity index (χ0) is 17.8. The first kappa shape index (κ1) is 17.3. The Hall–Kier alpha value is -2.53. The molecule has 1 heterocycles. The summed E-state index contributed by atoms with van der Waals surface area (Å²) in [7, 11) is 0. The lowest BCUT2D eigenvalue weighted by atomic mass is 10.1. The SMILES string of the molecule is Cc1ccc(NC(=O)C[NH+]2CCN(c3ccccc3O)CC2)c(C)c1. The van der Waals surface area contributed by atoms with Crippen LogP contribution < -0.4 is 15.1 Å². The van der Waals surface area contributed by atoms with Crippen LogP contribution in [0.4, 0.5) is 11.4 Å². The summed E-state index contributed by atoms with van der Waals surface area (Å²) in [5, 5.41) is 13.0. The van der Waals surface area contributed by atoms with Crippen molar-refractivity contribution in [2.24, 2.45) is 0 Å². The van der Waals surface area contributed by atoms with Gasteiger partial charge in [-0.15, -0.1) is 0 Å². The highest BCUT2D eigenvalue weighted by Gasteiger charge is 2.23. The molecule has 2 aromatic carbocycles. The lowest BCUT2D eigenvalue weighted by Crippen LogP contribution is -3.15. The molecular formula is C20H26N3O2+. The molecule has 1 aliphatic rings. The molecular weight excluding hydrogens is 314 g/mol. The molecule has 132 valence electrons. The number of hydrogen-bond donors (Lipinski definition) is 3. The fourth-order valence-electron chi connectivity index (χ4n) is 3.35. The number of rotatable bonds is 4. The van der Waals surface area contributed by atoms with Gasteiger partial charge in [-0.3, -0.25) is 4.79 Å². The first-order chi connectivity index (χ1) is 12.0. The van der Waals surface area contributed by atoms with E-state index >= 15 is 0 Å². The van der Waals surface area contributed by atoms with Crippen molar-refractivity contribution in [2.45, 2.75) is 13.8 Å². The van der Waals surface area contributed by atoms with Gasteiger partial charge < -0.3 is 20.2 Å². The molecule has 1 aliphatic heterocycles. The number of hydrogen-bond acceptors (Lipinski definition) is 3. The van der Waals surface area contributed by atoms with Crippen LogP contribution in [0.15, 0.2) is 42.5 Å². The monoisotopic (exact) mass is 340 g/mol. The van der Waals surface area contributed by atoms with Gasteiger partial charge in [0.2, 0.25) is 0 Å². The van der Waals surface area contributed by atoms with Gasteiger partial charge in [-0.2, -0.15) is 0 Å². The highest BCUT2D eigenvalue weighted by atomic mass is 16.3. The molecule has 0 aliphatic carbocycles. The summed E-state index contributed by atoms with van der Waals surface area (Å²) in [6, 6.07) is 13.5. The first-order valence-corrected chi connectivity index (χ1v) is 8.76. The number of aromatic hydroxyl groups is 1. The second-order valence-electron chi connectivity index (χ2n) is 6.77. The topological polar surface area (TPSA) is 57.0 Å². The fourth-order valence-corrected chi connectivity index (χ4v) is 3.35. The molecule has 0 atom stereocenters. The molecule has 0 unspecified atom stereocenters. The van der Waals surface area contributed by atoms with Crippen LogP contribution in [0.25, 0.3) is 0 Å². The van der Waals surface area contributed by atoms with E-state index in [1.54, 1.807) is 6.07 Å². The Balaban J connectivity index is 1.52. The summed E-state index contributed by atoms with van der Waals surface area (Å²) < 4.78 is 0. The zero-order valence-electron chi connectivity index (χ0n) is 14.9. The molecule has 5 heteroatoms. The smallest absolute Gasteiger partial charge is 0.279 e. The van der Waals surface area contributed by atoms with Gasteiger partial charge in [-0.05, 0) is 37.6 Å². The average molecular weight is 340 g/mol. The normalized spacial score (nSPS) is 15.2. The Labute approximate surface area is 148 Å². The summed E-state index contributed by atoms with van der Waals surface area (Å²) in [5.41, 5.74) is 4.05. The van der Waals surface area contributed by atoms with Crippen LogP contribution in [-0.4, -0.2) is 43.7 Å². The molecule has 0 spiro atoms. The minimum absolute atomic E-state index is 0.0537. The molecule has 3 rings (SSSR count). The number of quaternary nitrogens is 1. The number of nitrogens with zero attached hydrogens (tertiary/aromatic N) is 1. The van der Waals surface area contributed by atoms with Crippen molar-refractivity contribution in [3.8, 4) is 5.75 Å². The van der Waals surface area contributed by atoms with Crippen molar-refractivity contribution < 1.29 is 14.8 Å². The summed E-state index contributed by atoms with van der Waals surface area (Å²) in [5.74, 6) is 0.372. The molecule has 0 aromatic heterocycles. The van der Waals surface area contributed by atoms with E-state index in [0.717, 1.165) is 43.1 Å². The largest absolute Gasteiger partial charge is 0.506 e. The predicted octanol–water partition coefficient (Wildman–Crippen LogP) is 1.35. The molecule has 1 amide bonds. The minimum Gasteiger partial charge on any atom is -0.506 e. The van der Waals surface area contributed by atoms with Crippen molar-refractivity contribution in [1.29, 1.82) is 0 Å². The van der Waals surface area contributed by atoms with Crippen LogP contribution in [0, 0.1) is 13.8 Å². The van der Waals surface area contributed by atoms with Crippen molar-refractivity contribution in [2.75, 3.05) is 42.9 Å². The summed E-state index contributed by atoms with van der Waals surface area (Å²) in [6.07, 6.45) is 0. The molecule has 5 nitrogen and oxygen atoms in total. The third-order valence-electron chi connectivity index (χ3n) is 4.76. The number of anilines is 2. The van der Waals surface area contributed by atoms with Crippen LogP contribution in [0.5, 0.6) is 5.75 Å². The van der Waals surface area contributed by atoms with E-state index in [2.05, 4.69) is 16.3 Å². The van der Waals surface area contributed by atoms with Gasteiger partial charge in [-0.25, -0.2) is 0 Å². The third kappa shape index (κ3) is 4.31. The molecule has 0 bridgehead atoms. The summed E-state index contributed by atoms with van der Waals surface area (Å²) >= 11 is 0. The number of nitrogens with one attached hydrogen (secondary N) is 2. The van der Waals surface area contributed by atoms with E-state index in [1.165, 1.54) is 10.5 Å². The highest BCUT2D eigenvalue weighted by Crippen LogP contribution is 2.25. The fraction of sp³-hybridized carbons (Fsp3) is 0.350. The van der Waals surface area contributed by atoms with Gasteiger partial charge in [0.25, 0.3) is 5.91 Å². The van der Waals surface area contributed by atoms with Crippen molar-refractivity contribution in [3.63, 3.8) is 0 Å². The number of carbonyl (C=O) groups is 1. The Bertz CT molecular complexity index is 752.